The molecule has 6 nitrogen and oxygen atoms in total. The van der Waals surface area contributed by atoms with E-state index in [1.165, 1.54) is 26.9 Å². The molecule has 6 heteroatoms. The largest absolute Gasteiger partial charge is 0.344 e. The van der Waals surface area contributed by atoms with Crippen LogP contribution in [0.15, 0.2) is 228 Å². The molecule has 4 heterocycles. The highest BCUT2D eigenvalue weighted by Crippen LogP contribution is 2.40. The van der Waals surface area contributed by atoms with E-state index in [0.717, 1.165) is 78.1 Å². The zero-order chi connectivity index (χ0) is 41.4. The third kappa shape index (κ3) is 5.45. The predicted octanol–water partition coefficient (Wildman–Crippen LogP) is 13.5. The van der Waals surface area contributed by atoms with Crippen LogP contribution >= 0.6 is 0 Å². The van der Waals surface area contributed by atoms with E-state index in [9.17, 15) is 0 Å². The third-order valence-corrected chi connectivity index (χ3v) is 12.7. The lowest BCUT2D eigenvalue weighted by Crippen LogP contribution is -2.34. The van der Waals surface area contributed by atoms with E-state index < -0.39 is 6.17 Å². The fraction of sp³-hybridized carbons (Fsp3) is 0.0175. The number of rotatable bonds is 6. The van der Waals surface area contributed by atoms with Crippen LogP contribution in [0.5, 0.6) is 0 Å². The second-order valence-electron chi connectivity index (χ2n) is 16.2. The molecule has 296 valence electrons. The summed E-state index contributed by atoms with van der Waals surface area (Å²) in [7, 11) is 0. The van der Waals surface area contributed by atoms with Gasteiger partial charge in [0.1, 0.15) is 12.0 Å². The maximum absolute atomic E-state index is 5.60. The topological polar surface area (TPSA) is 51.5 Å². The van der Waals surface area contributed by atoms with Gasteiger partial charge in [0.05, 0.1) is 33.1 Å². The Morgan fingerprint density at radius 1 is 0.365 bits per heavy atom. The summed E-state index contributed by atoms with van der Waals surface area (Å²) < 4.78 is 7.12. The van der Waals surface area contributed by atoms with Gasteiger partial charge in [0.25, 0.3) is 0 Å². The van der Waals surface area contributed by atoms with Crippen molar-refractivity contribution in [2.75, 3.05) is 0 Å². The van der Waals surface area contributed by atoms with Gasteiger partial charge in [0.15, 0.2) is 5.84 Å². The summed E-state index contributed by atoms with van der Waals surface area (Å²) >= 11 is 0. The number of hydrogen-bond acceptors (Lipinski definition) is 3. The van der Waals surface area contributed by atoms with Crippen molar-refractivity contribution in [1.82, 2.24) is 19.0 Å². The molecule has 12 aromatic rings. The standard InChI is InChI=1S/C57H38N6/c1-4-18-38(19-5-1)61-49-31-13-12-26-43(49)48-36-37(34-35-52(48)61)55-58-56(46-29-16-27-44-41-24-10-14-32-50(41)62(53(44)46)39-20-6-2-7-21-39)60-57(59-55)47-30-17-28-45-42-25-11-15-33-51(42)63(54(45)47)40-22-8-3-9-23-40/h1-36,56H,(H,58,59,60). The lowest BCUT2D eigenvalue weighted by Gasteiger charge is -2.25. The van der Waals surface area contributed by atoms with E-state index in [1.807, 2.05) is 0 Å². The smallest absolute Gasteiger partial charge is 0.159 e. The van der Waals surface area contributed by atoms with Crippen molar-refractivity contribution in [2.24, 2.45) is 9.98 Å². The van der Waals surface area contributed by atoms with Crippen LogP contribution in [0.1, 0.15) is 22.9 Å². The van der Waals surface area contributed by atoms with Crippen LogP contribution < -0.4 is 5.32 Å². The predicted molar refractivity (Wildman–Crippen MR) is 261 cm³/mol. The van der Waals surface area contributed by atoms with E-state index in [4.69, 9.17) is 9.98 Å². The number of fused-ring (bicyclic) bond motifs is 9. The molecule has 1 N–H and O–H groups in total. The first-order valence-corrected chi connectivity index (χ1v) is 21.5. The van der Waals surface area contributed by atoms with E-state index in [2.05, 4.69) is 237 Å². The Bertz CT molecular complexity index is 3820. The molecule has 1 unspecified atom stereocenters. The number of para-hydroxylation sites is 8. The third-order valence-electron chi connectivity index (χ3n) is 12.7. The fourth-order valence-corrected chi connectivity index (χ4v) is 10.0. The van der Waals surface area contributed by atoms with Crippen LogP contribution in [0.4, 0.5) is 0 Å². The first-order valence-electron chi connectivity index (χ1n) is 21.5. The van der Waals surface area contributed by atoms with E-state index in [1.54, 1.807) is 0 Å². The van der Waals surface area contributed by atoms with Gasteiger partial charge in [-0.2, -0.15) is 0 Å². The average Bonchev–Trinajstić information content (AvgIpc) is 4.00. The fourth-order valence-electron chi connectivity index (χ4n) is 10.0. The van der Waals surface area contributed by atoms with Gasteiger partial charge in [0, 0.05) is 66.1 Å². The van der Waals surface area contributed by atoms with Gasteiger partial charge >= 0.3 is 0 Å². The van der Waals surface area contributed by atoms with Crippen LogP contribution in [-0.4, -0.2) is 25.4 Å². The molecule has 0 radical (unpaired) electrons. The molecule has 0 amide bonds. The Morgan fingerprint density at radius 3 is 1.44 bits per heavy atom. The van der Waals surface area contributed by atoms with Crippen LogP contribution in [0.25, 0.3) is 82.5 Å². The van der Waals surface area contributed by atoms with Crippen molar-refractivity contribution in [3.8, 4) is 17.1 Å². The van der Waals surface area contributed by atoms with Crippen molar-refractivity contribution >= 4 is 77.1 Å². The Morgan fingerprint density at radius 2 is 0.825 bits per heavy atom. The van der Waals surface area contributed by atoms with E-state index in [0.29, 0.717) is 5.84 Å². The molecule has 1 atom stereocenters. The Kier molecular flexibility index (Phi) is 7.87. The summed E-state index contributed by atoms with van der Waals surface area (Å²) in [4.78, 5) is 11.1. The van der Waals surface area contributed by atoms with Gasteiger partial charge in [-0.3, -0.25) is 0 Å². The van der Waals surface area contributed by atoms with Gasteiger partial charge in [-0.15, -0.1) is 0 Å². The number of aromatic nitrogens is 3. The maximum Gasteiger partial charge on any atom is 0.159 e. The summed E-state index contributed by atoms with van der Waals surface area (Å²) in [5, 5.41) is 11.0. The molecular formula is C57H38N6. The Labute approximate surface area is 362 Å². The Balaban J connectivity index is 1.08. The number of nitrogens with one attached hydrogen (secondary N) is 1. The highest BCUT2D eigenvalue weighted by atomic mass is 15.2. The zero-order valence-corrected chi connectivity index (χ0v) is 34.1. The number of hydrogen-bond donors (Lipinski definition) is 1. The molecular weight excluding hydrogens is 769 g/mol. The Hall–Kier alpha value is -8.48. The minimum absolute atomic E-state index is 0.478. The van der Waals surface area contributed by atoms with Crippen LogP contribution in [-0.2, 0) is 0 Å². The zero-order valence-electron chi connectivity index (χ0n) is 34.1. The molecule has 63 heavy (non-hydrogen) atoms. The van der Waals surface area contributed by atoms with Crippen molar-refractivity contribution in [2.45, 2.75) is 6.17 Å². The molecule has 0 bridgehead atoms. The average molecular weight is 807 g/mol. The lowest BCUT2D eigenvalue weighted by molar-refractivity contribution is 0.677. The molecule has 0 saturated carbocycles. The summed E-state index contributed by atoms with van der Waals surface area (Å²) in [6.45, 7) is 0. The molecule has 13 rings (SSSR count). The van der Waals surface area contributed by atoms with Crippen LogP contribution in [0.2, 0.25) is 0 Å². The summed E-state index contributed by atoms with van der Waals surface area (Å²) in [6, 6.07) is 77.8. The minimum Gasteiger partial charge on any atom is -0.344 e. The van der Waals surface area contributed by atoms with Crippen molar-refractivity contribution in [3.63, 3.8) is 0 Å². The number of benzene rings is 9. The van der Waals surface area contributed by atoms with E-state index in [-0.39, 0.29) is 0 Å². The molecule has 3 aromatic heterocycles. The summed E-state index contributed by atoms with van der Waals surface area (Å²) in [5.41, 5.74) is 13.1. The molecule has 0 saturated heterocycles. The van der Waals surface area contributed by atoms with Gasteiger partial charge in [-0.25, -0.2) is 9.98 Å². The normalized spacial score (nSPS) is 14.2. The second kappa shape index (κ2) is 14.0. The van der Waals surface area contributed by atoms with Gasteiger partial charge in [-0.1, -0.05) is 140 Å². The van der Waals surface area contributed by atoms with Crippen molar-refractivity contribution < 1.29 is 0 Å². The lowest BCUT2D eigenvalue weighted by atomic mass is 10.0. The van der Waals surface area contributed by atoms with E-state index >= 15 is 0 Å². The first kappa shape index (κ1) is 35.3. The van der Waals surface area contributed by atoms with Crippen LogP contribution in [0, 0.1) is 0 Å². The molecule has 0 fully saturated rings. The highest BCUT2D eigenvalue weighted by Gasteiger charge is 2.28. The number of aliphatic imine (C=N–C) groups is 2. The number of nitrogens with zero attached hydrogens (tertiary/aromatic N) is 5. The quantitative estimate of drug-likeness (QED) is 0.179. The molecule has 1 aliphatic heterocycles. The minimum atomic E-state index is -0.478. The van der Waals surface area contributed by atoms with Crippen LogP contribution in [0.3, 0.4) is 0 Å². The SMILES string of the molecule is c1ccc(-n2c3ccccc3c3cc(C4=NC(c5cccc6c7ccccc7n(-c7ccccc7)c56)NC(c5cccc6c7ccccc7n(-c7ccccc7)c56)=N4)ccc32)cc1. The first-order chi connectivity index (χ1) is 31.3. The summed E-state index contributed by atoms with van der Waals surface area (Å²) in [6.07, 6.45) is -0.478. The van der Waals surface area contributed by atoms with Gasteiger partial charge in [-0.05, 0) is 78.9 Å². The second-order valence-corrected chi connectivity index (χ2v) is 16.2. The molecule has 0 aliphatic carbocycles. The molecule has 1 aliphatic rings. The number of amidine groups is 2. The van der Waals surface area contributed by atoms with Gasteiger partial charge < -0.3 is 19.0 Å². The highest BCUT2D eigenvalue weighted by molar-refractivity contribution is 6.22. The van der Waals surface area contributed by atoms with Gasteiger partial charge in [0.2, 0.25) is 0 Å². The monoisotopic (exact) mass is 806 g/mol. The van der Waals surface area contributed by atoms with Crippen molar-refractivity contribution in [3.05, 3.63) is 235 Å². The summed E-state index contributed by atoms with van der Waals surface area (Å²) in [5.74, 6) is 1.44. The molecule has 0 spiro atoms. The maximum atomic E-state index is 5.60. The van der Waals surface area contributed by atoms with Crippen molar-refractivity contribution in [1.29, 1.82) is 0 Å². The molecule has 9 aromatic carbocycles.